The highest BCUT2D eigenvalue weighted by Crippen LogP contribution is 2.26. The highest BCUT2D eigenvalue weighted by molar-refractivity contribution is 6.33. The molecule has 2 aromatic carbocycles. The summed E-state index contributed by atoms with van der Waals surface area (Å²) < 4.78 is 5.54. The van der Waals surface area contributed by atoms with Crippen LogP contribution in [0.4, 0.5) is 0 Å². The maximum atomic E-state index is 12.5. The lowest BCUT2D eigenvalue weighted by Gasteiger charge is -2.28. The van der Waals surface area contributed by atoms with Crippen molar-refractivity contribution >= 4 is 17.5 Å². The van der Waals surface area contributed by atoms with Crippen molar-refractivity contribution in [3.63, 3.8) is 0 Å². The van der Waals surface area contributed by atoms with Crippen molar-refractivity contribution in [1.29, 1.82) is 0 Å². The molecule has 3 rings (SSSR count). The van der Waals surface area contributed by atoms with E-state index < -0.39 is 0 Å². The van der Waals surface area contributed by atoms with Gasteiger partial charge < -0.3 is 10.1 Å². The van der Waals surface area contributed by atoms with Gasteiger partial charge in [-0.3, -0.25) is 9.69 Å². The number of hydrogen-bond donors (Lipinski definition) is 1. The topological polar surface area (TPSA) is 41.6 Å². The van der Waals surface area contributed by atoms with Crippen molar-refractivity contribution in [3.8, 4) is 5.75 Å². The van der Waals surface area contributed by atoms with Crippen LogP contribution in [0, 0.1) is 0 Å². The van der Waals surface area contributed by atoms with Crippen LogP contribution in [-0.2, 0) is 0 Å². The standard InChI is InChI=1S/C21H25ClN2O2/c1-2-26-17-11-9-16(10-12-17)20(24-13-5-6-14-24)15-23-21(25)18-7-3-4-8-19(18)22/h3-4,7-12,20H,2,5-6,13-15H2,1H3,(H,23,25). The Morgan fingerprint density at radius 2 is 1.85 bits per heavy atom. The molecule has 1 saturated heterocycles. The summed E-state index contributed by atoms with van der Waals surface area (Å²) in [6, 6.07) is 15.5. The molecule has 138 valence electrons. The number of benzene rings is 2. The first kappa shape index (κ1) is 18.7. The number of amides is 1. The molecular weight excluding hydrogens is 348 g/mol. The lowest BCUT2D eigenvalue weighted by Crippen LogP contribution is -2.36. The van der Waals surface area contributed by atoms with E-state index in [0.717, 1.165) is 18.8 Å². The summed E-state index contributed by atoms with van der Waals surface area (Å²) in [7, 11) is 0. The molecule has 4 nitrogen and oxygen atoms in total. The molecule has 0 radical (unpaired) electrons. The number of hydrogen-bond acceptors (Lipinski definition) is 3. The van der Waals surface area contributed by atoms with Crippen LogP contribution in [0.5, 0.6) is 5.75 Å². The molecule has 1 amide bonds. The molecule has 1 heterocycles. The maximum Gasteiger partial charge on any atom is 0.252 e. The van der Waals surface area contributed by atoms with Gasteiger partial charge in [0.05, 0.1) is 23.2 Å². The fourth-order valence-electron chi connectivity index (χ4n) is 3.39. The van der Waals surface area contributed by atoms with Gasteiger partial charge in [-0.05, 0) is 62.7 Å². The molecule has 0 saturated carbocycles. The second-order valence-corrected chi connectivity index (χ2v) is 6.86. The molecule has 1 aliphatic heterocycles. The zero-order chi connectivity index (χ0) is 18.4. The summed E-state index contributed by atoms with van der Waals surface area (Å²) in [4.78, 5) is 15.0. The lowest BCUT2D eigenvalue weighted by molar-refractivity contribution is 0.0938. The fourth-order valence-corrected chi connectivity index (χ4v) is 3.62. The Labute approximate surface area is 160 Å². The first-order valence-corrected chi connectivity index (χ1v) is 9.56. The Morgan fingerprint density at radius 1 is 1.15 bits per heavy atom. The number of nitrogens with one attached hydrogen (secondary N) is 1. The number of halogens is 1. The molecule has 1 N–H and O–H groups in total. The van der Waals surface area contributed by atoms with Crippen molar-refractivity contribution in [3.05, 3.63) is 64.7 Å². The van der Waals surface area contributed by atoms with E-state index in [9.17, 15) is 4.79 Å². The van der Waals surface area contributed by atoms with E-state index >= 15 is 0 Å². The summed E-state index contributed by atoms with van der Waals surface area (Å²) in [5, 5.41) is 3.53. The largest absolute Gasteiger partial charge is 0.494 e. The average Bonchev–Trinajstić information content (AvgIpc) is 3.18. The fraction of sp³-hybridized carbons (Fsp3) is 0.381. The van der Waals surface area contributed by atoms with E-state index in [1.807, 2.05) is 31.2 Å². The average molecular weight is 373 g/mol. The Hall–Kier alpha value is -2.04. The van der Waals surface area contributed by atoms with Gasteiger partial charge in [-0.15, -0.1) is 0 Å². The Kier molecular flexibility index (Phi) is 6.53. The van der Waals surface area contributed by atoms with E-state index in [4.69, 9.17) is 16.3 Å². The predicted octanol–water partition coefficient (Wildman–Crippen LogP) is 4.31. The predicted molar refractivity (Wildman–Crippen MR) is 105 cm³/mol. The third-order valence-electron chi connectivity index (χ3n) is 4.73. The second kappa shape index (κ2) is 9.06. The van der Waals surface area contributed by atoms with Crippen molar-refractivity contribution in [2.75, 3.05) is 26.2 Å². The monoisotopic (exact) mass is 372 g/mol. The number of likely N-dealkylation sites (tertiary alicyclic amines) is 1. The molecule has 2 aromatic rings. The summed E-state index contributed by atoms with van der Waals surface area (Å²) in [5.74, 6) is 0.738. The van der Waals surface area contributed by atoms with Crippen LogP contribution in [0.3, 0.4) is 0 Å². The van der Waals surface area contributed by atoms with Gasteiger partial charge in [0.2, 0.25) is 0 Å². The lowest BCUT2D eigenvalue weighted by atomic mass is 10.0. The van der Waals surface area contributed by atoms with Crippen LogP contribution in [0.1, 0.15) is 41.7 Å². The SMILES string of the molecule is CCOc1ccc(C(CNC(=O)c2ccccc2Cl)N2CCCC2)cc1. The molecule has 1 fully saturated rings. The number of rotatable bonds is 7. The molecular formula is C21H25ClN2O2. The van der Waals surface area contributed by atoms with Gasteiger partial charge in [-0.1, -0.05) is 35.9 Å². The van der Waals surface area contributed by atoms with Gasteiger partial charge in [-0.25, -0.2) is 0 Å². The van der Waals surface area contributed by atoms with Crippen molar-refractivity contribution in [1.82, 2.24) is 10.2 Å². The third-order valence-corrected chi connectivity index (χ3v) is 5.06. The van der Waals surface area contributed by atoms with Gasteiger partial charge >= 0.3 is 0 Å². The molecule has 0 aliphatic carbocycles. The summed E-state index contributed by atoms with van der Waals surface area (Å²) >= 11 is 6.14. The minimum absolute atomic E-state index is 0.134. The van der Waals surface area contributed by atoms with E-state index in [1.54, 1.807) is 12.1 Å². The minimum Gasteiger partial charge on any atom is -0.494 e. The summed E-state index contributed by atoms with van der Waals surface area (Å²) in [5.41, 5.74) is 1.70. The second-order valence-electron chi connectivity index (χ2n) is 6.45. The molecule has 0 spiro atoms. The number of ether oxygens (including phenoxy) is 1. The molecule has 5 heteroatoms. The Balaban J connectivity index is 1.72. The van der Waals surface area contributed by atoms with Gasteiger partial charge in [0.15, 0.2) is 0 Å². The van der Waals surface area contributed by atoms with Crippen LogP contribution in [0.15, 0.2) is 48.5 Å². The quantitative estimate of drug-likeness (QED) is 0.787. The first-order valence-electron chi connectivity index (χ1n) is 9.18. The summed E-state index contributed by atoms with van der Waals surface area (Å²) in [6.07, 6.45) is 2.40. The van der Waals surface area contributed by atoms with Gasteiger partial charge in [0.25, 0.3) is 5.91 Å². The highest BCUT2D eigenvalue weighted by Gasteiger charge is 2.24. The Morgan fingerprint density at radius 3 is 2.50 bits per heavy atom. The minimum atomic E-state index is -0.134. The molecule has 1 aliphatic rings. The van der Waals surface area contributed by atoms with Crippen LogP contribution in [-0.4, -0.2) is 37.0 Å². The zero-order valence-electron chi connectivity index (χ0n) is 15.1. The molecule has 26 heavy (non-hydrogen) atoms. The van der Waals surface area contributed by atoms with Gasteiger partial charge in [-0.2, -0.15) is 0 Å². The summed E-state index contributed by atoms with van der Waals surface area (Å²) in [6.45, 7) is 5.30. The number of carbonyl (C=O) groups is 1. The van der Waals surface area contributed by atoms with Crippen LogP contribution < -0.4 is 10.1 Å². The number of nitrogens with zero attached hydrogens (tertiary/aromatic N) is 1. The Bertz CT molecular complexity index is 727. The van der Waals surface area contributed by atoms with E-state index in [0.29, 0.717) is 23.7 Å². The molecule has 0 aromatic heterocycles. The van der Waals surface area contributed by atoms with Crippen LogP contribution in [0.25, 0.3) is 0 Å². The molecule has 1 atom stereocenters. The molecule has 1 unspecified atom stereocenters. The third kappa shape index (κ3) is 4.57. The normalized spacial score (nSPS) is 15.6. The van der Waals surface area contributed by atoms with Crippen molar-refractivity contribution < 1.29 is 9.53 Å². The van der Waals surface area contributed by atoms with E-state index in [2.05, 4.69) is 22.3 Å². The number of carbonyl (C=O) groups excluding carboxylic acids is 1. The van der Waals surface area contributed by atoms with Gasteiger partial charge in [0, 0.05) is 6.54 Å². The van der Waals surface area contributed by atoms with Crippen molar-refractivity contribution in [2.45, 2.75) is 25.8 Å². The van der Waals surface area contributed by atoms with Crippen molar-refractivity contribution in [2.24, 2.45) is 0 Å². The van der Waals surface area contributed by atoms with E-state index in [1.165, 1.54) is 18.4 Å². The first-order chi connectivity index (χ1) is 12.7. The zero-order valence-corrected chi connectivity index (χ0v) is 15.8. The molecule has 0 bridgehead atoms. The smallest absolute Gasteiger partial charge is 0.252 e. The maximum absolute atomic E-state index is 12.5. The van der Waals surface area contributed by atoms with Gasteiger partial charge in [0.1, 0.15) is 5.75 Å². The van der Waals surface area contributed by atoms with Crippen LogP contribution >= 0.6 is 11.6 Å². The van der Waals surface area contributed by atoms with E-state index in [-0.39, 0.29) is 11.9 Å². The van der Waals surface area contributed by atoms with Crippen LogP contribution in [0.2, 0.25) is 5.02 Å². The highest BCUT2D eigenvalue weighted by atomic mass is 35.5.